The van der Waals surface area contributed by atoms with E-state index in [9.17, 15) is 9.18 Å². The minimum absolute atomic E-state index is 0.100. The Labute approximate surface area is 149 Å². The van der Waals surface area contributed by atoms with Crippen LogP contribution >= 0.6 is 11.8 Å². The minimum atomic E-state index is -0.230. The van der Waals surface area contributed by atoms with Gasteiger partial charge in [0.05, 0.1) is 5.69 Å². The van der Waals surface area contributed by atoms with E-state index >= 15 is 0 Å². The van der Waals surface area contributed by atoms with Crippen LogP contribution in [0.15, 0.2) is 66.1 Å². The van der Waals surface area contributed by atoms with Crippen LogP contribution in [0.5, 0.6) is 0 Å². The van der Waals surface area contributed by atoms with Gasteiger partial charge in [0.1, 0.15) is 18.5 Å². The second kappa shape index (κ2) is 8.43. The molecule has 25 heavy (non-hydrogen) atoms. The second-order valence-corrected chi connectivity index (χ2v) is 6.47. The highest BCUT2D eigenvalue weighted by atomic mass is 32.2. The summed E-state index contributed by atoms with van der Waals surface area (Å²) in [4.78, 5) is 17.0. The Morgan fingerprint density at radius 2 is 1.88 bits per heavy atom. The predicted molar refractivity (Wildman–Crippen MR) is 95.4 cm³/mol. The fraction of sp³-hybridized carbons (Fsp3) is 0.167. The van der Waals surface area contributed by atoms with Gasteiger partial charge in [-0.2, -0.15) is 5.10 Å². The summed E-state index contributed by atoms with van der Waals surface area (Å²) in [6.45, 7) is 0.595. The van der Waals surface area contributed by atoms with Gasteiger partial charge in [0.25, 0.3) is 5.91 Å². The molecular formula is C18H17FN4OS. The van der Waals surface area contributed by atoms with Crippen LogP contribution < -0.4 is 5.32 Å². The molecule has 0 unspecified atom stereocenters. The number of benzene rings is 2. The summed E-state index contributed by atoms with van der Waals surface area (Å²) < 4.78 is 14.5. The Hall–Kier alpha value is -2.67. The molecule has 0 bridgehead atoms. The van der Waals surface area contributed by atoms with Crippen molar-refractivity contribution in [3.8, 4) is 5.69 Å². The van der Waals surface area contributed by atoms with E-state index in [1.807, 2.05) is 12.1 Å². The number of aromatic nitrogens is 3. The van der Waals surface area contributed by atoms with Gasteiger partial charge in [0, 0.05) is 17.0 Å². The average molecular weight is 356 g/mol. The van der Waals surface area contributed by atoms with Crippen molar-refractivity contribution in [1.82, 2.24) is 20.1 Å². The Kier molecular flexibility index (Phi) is 5.79. The maximum Gasteiger partial charge on any atom is 0.251 e. The molecule has 0 aliphatic rings. The fourth-order valence-corrected chi connectivity index (χ4v) is 3.06. The van der Waals surface area contributed by atoms with Crippen LogP contribution in [-0.2, 0) is 0 Å². The highest BCUT2D eigenvalue weighted by molar-refractivity contribution is 7.99. The lowest BCUT2D eigenvalue weighted by Gasteiger charge is -2.06. The van der Waals surface area contributed by atoms with E-state index in [4.69, 9.17) is 0 Å². The minimum Gasteiger partial charge on any atom is -0.352 e. The first-order valence-corrected chi connectivity index (χ1v) is 8.82. The summed E-state index contributed by atoms with van der Waals surface area (Å²) in [5.74, 6) is 0.528. The van der Waals surface area contributed by atoms with E-state index < -0.39 is 0 Å². The molecule has 3 aromatic rings. The van der Waals surface area contributed by atoms with Crippen molar-refractivity contribution in [3.05, 3.63) is 72.6 Å². The molecule has 0 aliphatic carbocycles. The van der Waals surface area contributed by atoms with Crippen molar-refractivity contribution in [2.45, 2.75) is 11.3 Å². The van der Waals surface area contributed by atoms with Gasteiger partial charge in [-0.25, -0.2) is 14.1 Å². The number of amides is 1. The summed E-state index contributed by atoms with van der Waals surface area (Å²) in [5, 5.41) is 6.94. The lowest BCUT2D eigenvalue weighted by Crippen LogP contribution is -2.24. The third kappa shape index (κ3) is 4.90. The van der Waals surface area contributed by atoms with Crippen molar-refractivity contribution in [2.75, 3.05) is 12.3 Å². The number of hydrogen-bond acceptors (Lipinski definition) is 4. The summed E-state index contributed by atoms with van der Waals surface area (Å²) in [6, 6.07) is 13.6. The van der Waals surface area contributed by atoms with Gasteiger partial charge >= 0.3 is 0 Å². The first-order chi connectivity index (χ1) is 12.2. The number of thioether (sulfide) groups is 1. The quantitative estimate of drug-likeness (QED) is 0.521. The van der Waals surface area contributed by atoms with Crippen molar-refractivity contribution in [3.63, 3.8) is 0 Å². The highest BCUT2D eigenvalue weighted by Crippen LogP contribution is 2.18. The Morgan fingerprint density at radius 3 is 2.56 bits per heavy atom. The fourth-order valence-electron chi connectivity index (χ4n) is 2.20. The molecule has 1 N–H and O–H groups in total. The van der Waals surface area contributed by atoms with Crippen LogP contribution in [0.2, 0.25) is 0 Å². The standard InChI is InChI=1S/C18H17FN4OS/c19-15-4-8-17(9-5-15)25-11-1-10-21-18(24)14-2-6-16(7-3-14)23-13-20-12-22-23/h2-9,12-13H,1,10-11H2,(H,21,24). The zero-order chi connectivity index (χ0) is 17.5. The molecule has 128 valence electrons. The third-order valence-corrected chi connectivity index (χ3v) is 4.60. The van der Waals surface area contributed by atoms with Crippen molar-refractivity contribution in [1.29, 1.82) is 0 Å². The molecule has 0 atom stereocenters. The lowest BCUT2D eigenvalue weighted by atomic mass is 10.2. The van der Waals surface area contributed by atoms with Crippen LogP contribution in [0.1, 0.15) is 16.8 Å². The number of hydrogen-bond donors (Lipinski definition) is 1. The van der Waals surface area contributed by atoms with E-state index in [2.05, 4.69) is 15.4 Å². The maximum absolute atomic E-state index is 12.8. The van der Waals surface area contributed by atoms with Crippen LogP contribution in [0.25, 0.3) is 5.69 Å². The van der Waals surface area contributed by atoms with Gasteiger partial charge in [-0.1, -0.05) is 0 Å². The molecule has 0 saturated heterocycles. The van der Waals surface area contributed by atoms with Gasteiger partial charge < -0.3 is 5.32 Å². The molecule has 0 saturated carbocycles. The average Bonchev–Trinajstić information content (AvgIpc) is 3.18. The second-order valence-electron chi connectivity index (χ2n) is 5.30. The number of nitrogens with zero attached hydrogens (tertiary/aromatic N) is 3. The van der Waals surface area contributed by atoms with Gasteiger partial charge in [-0.05, 0) is 60.7 Å². The monoisotopic (exact) mass is 356 g/mol. The summed E-state index contributed by atoms with van der Waals surface area (Å²) in [5.41, 5.74) is 1.46. The summed E-state index contributed by atoms with van der Waals surface area (Å²) in [7, 11) is 0. The first kappa shape index (κ1) is 17.2. The van der Waals surface area contributed by atoms with Crippen molar-refractivity contribution >= 4 is 17.7 Å². The topological polar surface area (TPSA) is 59.8 Å². The van der Waals surface area contributed by atoms with Crippen LogP contribution in [-0.4, -0.2) is 33.0 Å². The van der Waals surface area contributed by atoms with Crippen LogP contribution in [0.3, 0.4) is 0 Å². The van der Waals surface area contributed by atoms with E-state index in [0.29, 0.717) is 12.1 Å². The zero-order valence-electron chi connectivity index (χ0n) is 13.4. The molecule has 0 aliphatic heterocycles. The van der Waals surface area contributed by atoms with Crippen molar-refractivity contribution in [2.24, 2.45) is 0 Å². The van der Waals surface area contributed by atoms with Crippen molar-refractivity contribution < 1.29 is 9.18 Å². The van der Waals surface area contributed by atoms with Gasteiger partial charge in [0.2, 0.25) is 0 Å². The molecule has 7 heteroatoms. The number of rotatable bonds is 7. The molecule has 3 rings (SSSR count). The SMILES string of the molecule is O=C(NCCCSc1ccc(F)cc1)c1ccc(-n2cncn2)cc1. The first-order valence-electron chi connectivity index (χ1n) is 7.84. The lowest BCUT2D eigenvalue weighted by molar-refractivity contribution is 0.0954. The smallest absolute Gasteiger partial charge is 0.251 e. The number of nitrogens with one attached hydrogen (secondary N) is 1. The molecule has 0 fully saturated rings. The normalized spacial score (nSPS) is 10.6. The van der Waals surface area contributed by atoms with Gasteiger partial charge in [0.15, 0.2) is 0 Å². The maximum atomic E-state index is 12.8. The predicted octanol–water partition coefficient (Wildman–Crippen LogP) is 3.32. The largest absolute Gasteiger partial charge is 0.352 e. The molecule has 2 aromatic carbocycles. The van der Waals surface area contributed by atoms with E-state index in [-0.39, 0.29) is 11.7 Å². The Morgan fingerprint density at radius 1 is 1.12 bits per heavy atom. The van der Waals surface area contributed by atoms with Crippen LogP contribution in [0.4, 0.5) is 4.39 Å². The van der Waals surface area contributed by atoms with E-state index in [1.165, 1.54) is 18.5 Å². The number of carbonyl (C=O) groups excluding carboxylic acids is 1. The molecule has 0 spiro atoms. The Bertz CT molecular complexity index is 804. The third-order valence-electron chi connectivity index (χ3n) is 3.50. The molecule has 0 radical (unpaired) electrons. The van der Waals surface area contributed by atoms with E-state index in [1.54, 1.807) is 47.0 Å². The van der Waals surface area contributed by atoms with Crippen LogP contribution in [0, 0.1) is 5.82 Å². The highest BCUT2D eigenvalue weighted by Gasteiger charge is 2.05. The van der Waals surface area contributed by atoms with Gasteiger partial charge in [-0.3, -0.25) is 4.79 Å². The summed E-state index contributed by atoms with van der Waals surface area (Å²) >= 11 is 1.64. The van der Waals surface area contributed by atoms with E-state index in [0.717, 1.165) is 22.8 Å². The molecular weight excluding hydrogens is 339 g/mol. The number of carbonyl (C=O) groups is 1. The Balaban J connectivity index is 1.41. The zero-order valence-corrected chi connectivity index (χ0v) is 14.2. The molecule has 1 heterocycles. The van der Waals surface area contributed by atoms with Gasteiger partial charge in [-0.15, -0.1) is 11.8 Å². The molecule has 1 aromatic heterocycles. The molecule has 1 amide bonds. The molecule has 5 nitrogen and oxygen atoms in total. The summed E-state index contributed by atoms with van der Waals surface area (Å²) in [6.07, 6.45) is 3.91. The number of halogens is 1.